The summed E-state index contributed by atoms with van der Waals surface area (Å²) in [5, 5.41) is 0.432. The smallest absolute Gasteiger partial charge is 0.299 e. The van der Waals surface area contributed by atoms with E-state index in [-0.39, 0.29) is 6.54 Å². The molecule has 0 heterocycles. The maximum Gasteiger partial charge on any atom is 0.299 e. The van der Waals surface area contributed by atoms with Gasteiger partial charge in [0.2, 0.25) is 0 Å². The second-order valence-corrected chi connectivity index (χ2v) is 5.88. The Hall–Kier alpha value is -0.340. The SMILES string of the molecule is COCCNS(=O)(=O)Nc1ccc(Br)c(Cl)c1. The lowest BCUT2D eigenvalue weighted by Crippen LogP contribution is -2.32. The first-order valence-electron chi connectivity index (χ1n) is 4.66. The fraction of sp³-hybridized carbons (Fsp3) is 0.333. The van der Waals surface area contributed by atoms with E-state index in [2.05, 4.69) is 25.4 Å². The minimum atomic E-state index is -3.59. The molecule has 0 aliphatic rings. The van der Waals surface area contributed by atoms with Crippen LogP contribution < -0.4 is 9.44 Å². The third kappa shape index (κ3) is 5.22. The lowest BCUT2D eigenvalue weighted by molar-refractivity contribution is 0.204. The van der Waals surface area contributed by atoms with Crippen LogP contribution in [0.4, 0.5) is 5.69 Å². The predicted octanol–water partition coefficient (Wildman–Crippen LogP) is 2.00. The van der Waals surface area contributed by atoms with E-state index in [1.165, 1.54) is 13.2 Å². The minimum absolute atomic E-state index is 0.204. The molecule has 5 nitrogen and oxygen atoms in total. The Morgan fingerprint density at radius 3 is 2.76 bits per heavy atom. The molecule has 8 heteroatoms. The van der Waals surface area contributed by atoms with Crippen LogP contribution in [0.5, 0.6) is 0 Å². The van der Waals surface area contributed by atoms with Gasteiger partial charge >= 0.3 is 0 Å². The Kier molecular flexibility index (Phi) is 5.68. The standard InChI is InChI=1S/C9H12BrClN2O3S/c1-16-5-4-12-17(14,15)13-7-2-3-8(10)9(11)6-7/h2-3,6,12-13H,4-5H2,1H3. The van der Waals surface area contributed by atoms with Crippen molar-refractivity contribution in [3.63, 3.8) is 0 Å². The highest BCUT2D eigenvalue weighted by Gasteiger charge is 2.09. The van der Waals surface area contributed by atoms with Gasteiger partial charge in [0.25, 0.3) is 10.2 Å². The number of benzene rings is 1. The first kappa shape index (κ1) is 14.7. The predicted molar refractivity (Wildman–Crippen MR) is 71.6 cm³/mol. The third-order valence-electron chi connectivity index (χ3n) is 1.77. The van der Waals surface area contributed by atoms with Gasteiger partial charge in [0.15, 0.2) is 0 Å². The molecular formula is C9H12BrClN2O3S. The van der Waals surface area contributed by atoms with Crippen molar-refractivity contribution in [2.75, 3.05) is 25.0 Å². The summed E-state index contributed by atoms with van der Waals surface area (Å²) in [6.07, 6.45) is 0. The van der Waals surface area contributed by atoms with E-state index in [9.17, 15) is 8.42 Å². The average molecular weight is 344 g/mol. The van der Waals surface area contributed by atoms with Crippen molar-refractivity contribution in [2.24, 2.45) is 0 Å². The second-order valence-electron chi connectivity index (χ2n) is 3.12. The fourth-order valence-corrected chi connectivity index (χ4v) is 2.32. The van der Waals surface area contributed by atoms with E-state index in [4.69, 9.17) is 16.3 Å². The second kappa shape index (κ2) is 6.55. The molecule has 0 radical (unpaired) electrons. The molecule has 0 spiro atoms. The highest BCUT2D eigenvalue weighted by Crippen LogP contribution is 2.25. The first-order chi connectivity index (χ1) is 7.94. The number of ether oxygens (including phenoxy) is 1. The van der Waals surface area contributed by atoms with Gasteiger partial charge in [-0.25, -0.2) is 0 Å². The van der Waals surface area contributed by atoms with Crippen LogP contribution in [0.2, 0.25) is 5.02 Å². The first-order valence-corrected chi connectivity index (χ1v) is 7.31. The van der Waals surface area contributed by atoms with E-state index in [1.807, 2.05) is 0 Å². The van der Waals surface area contributed by atoms with Crippen LogP contribution in [0.3, 0.4) is 0 Å². The van der Waals surface area contributed by atoms with Crippen molar-refractivity contribution >= 4 is 43.4 Å². The van der Waals surface area contributed by atoms with Gasteiger partial charge in [0.05, 0.1) is 17.3 Å². The van der Waals surface area contributed by atoms with Gasteiger partial charge in [0.1, 0.15) is 0 Å². The van der Waals surface area contributed by atoms with E-state index >= 15 is 0 Å². The molecule has 1 aromatic rings. The van der Waals surface area contributed by atoms with Crippen molar-refractivity contribution < 1.29 is 13.2 Å². The normalized spacial score (nSPS) is 11.5. The molecule has 0 unspecified atom stereocenters. The Labute approximate surface area is 114 Å². The summed E-state index contributed by atoms with van der Waals surface area (Å²) in [6, 6.07) is 4.78. The Balaban J connectivity index is 2.66. The summed E-state index contributed by atoms with van der Waals surface area (Å²) in [5.41, 5.74) is 0.392. The fourth-order valence-electron chi connectivity index (χ4n) is 1.03. The van der Waals surface area contributed by atoms with Crippen LogP contribution in [0.25, 0.3) is 0 Å². The van der Waals surface area contributed by atoms with Crippen LogP contribution >= 0.6 is 27.5 Å². The van der Waals surface area contributed by atoms with E-state index in [0.29, 0.717) is 21.8 Å². The van der Waals surface area contributed by atoms with Crippen molar-refractivity contribution in [3.05, 3.63) is 27.7 Å². The summed E-state index contributed by atoms with van der Waals surface area (Å²) in [5.74, 6) is 0. The van der Waals surface area contributed by atoms with Crippen molar-refractivity contribution in [3.8, 4) is 0 Å². The Morgan fingerprint density at radius 2 is 2.18 bits per heavy atom. The molecule has 2 N–H and O–H groups in total. The van der Waals surface area contributed by atoms with Gasteiger partial charge in [-0.15, -0.1) is 0 Å². The molecular weight excluding hydrogens is 332 g/mol. The topological polar surface area (TPSA) is 67.4 Å². The number of nitrogens with one attached hydrogen (secondary N) is 2. The summed E-state index contributed by atoms with van der Waals surface area (Å²) < 4.78 is 33.2. The maximum absolute atomic E-state index is 11.5. The van der Waals surface area contributed by atoms with Crippen LogP contribution in [-0.4, -0.2) is 28.7 Å². The van der Waals surface area contributed by atoms with Crippen molar-refractivity contribution in [1.82, 2.24) is 4.72 Å². The van der Waals surface area contributed by atoms with Gasteiger partial charge in [-0.1, -0.05) is 11.6 Å². The molecule has 0 aliphatic heterocycles. The summed E-state index contributed by atoms with van der Waals surface area (Å²) in [7, 11) is -2.09. The number of halogens is 2. The Bertz CT molecular complexity index is 481. The van der Waals surface area contributed by atoms with E-state index in [1.54, 1.807) is 12.1 Å². The lowest BCUT2D eigenvalue weighted by atomic mass is 10.3. The zero-order valence-corrected chi connectivity index (χ0v) is 12.2. The van der Waals surface area contributed by atoms with Gasteiger partial charge < -0.3 is 4.74 Å². The largest absolute Gasteiger partial charge is 0.383 e. The molecule has 0 saturated heterocycles. The van der Waals surface area contributed by atoms with Crippen LogP contribution in [0.1, 0.15) is 0 Å². The Morgan fingerprint density at radius 1 is 1.47 bits per heavy atom. The average Bonchev–Trinajstić information content (AvgIpc) is 2.23. The lowest BCUT2D eigenvalue weighted by Gasteiger charge is -2.09. The molecule has 0 aromatic heterocycles. The van der Waals surface area contributed by atoms with Crippen molar-refractivity contribution in [2.45, 2.75) is 0 Å². The zero-order valence-electron chi connectivity index (χ0n) is 9.04. The minimum Gasteiger partial charge on any atom is -0.383 e. The number of hydrogen-bond acceptors (Lipinski definition) is 3. The highest BCUT2D eigenvalue weighted by molar-refractivity contribution is 9.10. The summed E-state index contributed by atoms with van der Waals surface area (Å²) in [4.78, 5) is 0. The molecule has 17 heavy (non-hydrogen) atoms. The van der Waals surface area contributed by atoms with Crippen LogP contribution in [0.15, 0.2) is 22.7 Å². The molecule has 1 aromatic carbocycles. The molecule has 0 aliphatic carbocycles. The number of anilines is 1. The van der Waals surface area contributed by atoms with Gasteiger partial charge in [-0.2, -0.15) is 13.1 Å². The van der Waals surface area contributed by atoms with Gasteiger partial charge in [-0.05, 0) is 34.1 Å². The number of hydrogen-bond donors (Lipinski definition) is 2. The molecule has 96 valence electrons. The monoisotopic (exact) mass is 342 g/mol. The summed E-state index contributed by atoms with van der Waals surface area (Å²) in [6.45, 7) is 0.512. The van der Waals surface area contributed by atoms with Gasteiger partial charge in [-0.3, -0.25) is 4.72 Å². The van der Waals surface area contributed by atoms with E-state index < -0.39 is 10.2 Å². The number of rotatable bonds is 6. The van der Waals surface area contributed by atoms with Crippen molar-refractivity contribution in [1.29, 1.82) is 0 Å². The third-order valence-corrected chi connectivity index (χ3v) is 4.09. The van der Waals surface area contributed by atoms with E-state index in [0.717, 1.165) is 0 Å². The highest BCUT2D eigenvalue weighted by atomic mass is 79.9. The maximum atomic E-state index is 11.5. The summed E-state index contributed by atoms with van der Waals surface area (Å²) >= 11 is 9.07. The van der Waals surface area contributed by atoms with Crippen LogP contribution in [0, 0.1) is 0 Å². The zero-order chi connectivity index (χ0) is 12.9. The molecule has 0 fully saturated rings. The quantitative estimate of drug-likeness (QED) is 0.776. The molecule has 0 amide bonds. The molecule has 0 atom stereocenters. The van der Waals surface area contributed by atoms with Crippen LogP contribution in [-0.2, 0) is 14.9 Å². The van der Waals surface area contributed by atoms with Gasteiger partial charge in [0, 0.05) is 18.1 Å². The molecule has 0 saturated carbocycles. The molecule has 0 bridgehead atoms. The number of methoxy groups -OCH3 is 1. The molecule has 1 rings (SSSR count).